The average Bonchev–Trinajstić information content (AvgIpc) is 3.58. The van der Waals surface area contributed by atoms with Gasteiger partial charge in [-0.1, -0.05) is 161 Å². The SMILES string of the molecule is [2H]C(C)(C)c1c[c-]c(-c2ccc([Si](C)(C)C)cn2)cc1-c1ccccc1.[2H]C([2H])([2H])c1cnc(-c2[c-]ccc3c2oc2cc(-c4ccccc4)ccc23)cc1C([2H])(C)C.[Ir]. The number of hydrogen-bond acceptors (Lipinski definition) is 3. The first-order valence-corrected chi connectivity index (χ1v) is 21.8. The zero-order valence-electron chi connectivity index (χ0n) is 37.3. The standard InChI is InChI=1S/C27H22NO.C23H26NSi.Ir/c1-17(2)24-15-25(28-16-18(24)3)23-11-7-10-22-21-13-12-20(14-26(21)29-27(22)23)19-8-5-4-6-9-19;1-17(2)21-13-11-19(15-22(21)18-9-7-6-8-10-18)23-14-12-20(16-24-23)25(3,4)5;/h4-10,12-17H,1-3H3;6-10,12-17H,1-5H3;/q2*-1;/i3D3,17D;17D;. The third-order valence-electron chi connectivity index (χ3n) is 9.72. The van der Waals surface area contributed by atoms with E-state index in [1.807, 2.05) is 80.7 Å². The molecular weight excluding hydrogens is 865 g/mol. The number of aryl methyl sites for hydroxylation is 1. The molecule has 0 amide bonds. The maximum absolute atomic E-state index is 8.50. The van der Waals surface area contributed by atoms with Crippen molar-refractivity contribution in [1.82, 2.24) is 9.97 Å². The number of benzene rings is 5. The Morgan fingerprint density at radius 1 is 0.673 bits per heavy atom. The Labute approximate surface area is 348 Å². The Kier molecular flexibility index (Phi) is 10.2. The Hall–Kier alpha value is -4.93. The normalized spacial score (nSPS) is 13.4. The number of rotatable bonds is 7. The van der Waals surface area contributed by atoms with Gasteiger partial charge >= 0.3 is 0 Å². The van der Waals surface area contributed by atoms with Gasteiger partial charge in [0.1, 0.15) is 5.58 Å². The summed E-state index contributed by atoms with van der Waals surface area (Å²) in [5.41, 5.74) is 10.3. The Bertz CT molecular complexity index is 2750. The number of aromatic nitrogens is 2. The first kappa shape index (κ1) is 33.4. The molecule has 0 aliphatic rings. The largest absolute Gasteiger partial charge is 0.501 e. The maximum Gasteiger partial charge on any atom is 0.121 e. The zero-order chi connectivity index (χ0) is 42.3. The number of pyridine rings is 2. The third kappa shape index (κ3) is 8.65. The Morgan fingerprint density at radius 2 is 1.36 bits per heavy atom. The molecule has 8 aromatic rings. The second kappa shape index (κ2) is 16.8. The molecule has 0 bridgehead atoms. The molecule has 8 rings (SSSR count). The molecule has 1 radical (unpaired) electrons. The second-order valence-corrected chi connectivity index (χ2v) is 20.2. The van der Waals surface area contributed by atoms with Crippen molar-refractivity contribution >= 4 is 35.2 Å². The molecule has 0 saturated heterocycles. The van der Waals surface area contributed by atoms with Crippen LogP contribution >= 0.6 is 0 Å². The Morgan fingerprint density at radius 3 is 2.00 bits per heavy atom. The number of nitrogens with zero attached hydrogens (tertiary/aromatic N) is 2. The number of hydrogen-bond donors (Lipinski definition) is 0. The van der Waals surface area contributed by atoms with E-state index < -0.39 is 26.7 Å². The fraction of sp³-hybridized carbons (Fsp3) is 0.200. The van der Waals surface area contributed by atoms with E-state index in [1.165, 1.54) is 11.4 Å². The zero-order valence-corrected chi connectivity index (χ0v) is 35.7. The Balaban J connectivity index is 0.000000204. The molecule has 5 aromatic carbocycles. The van der Waals surface area contributed by atoms with Crippen LogP contribution in [0.25, 0.3) is 66.7 Å². The summed E-state index contributed by atoms with van der Waals surface area (Å²) in [6, 6.07) is 47.0. The van der Waals surface area contributed by atoms with Gasteiger partial charge in [0.05, 0.1) is 13.7 Å². The van der Waals surface area contributed by atoms with Crippen LogP contribution in [-0.4, -0.2) is 18.0 Å². The van der Waals surface area contributed by atoms with Crippen molar-refractivity contribution in [2.24, 2.45) is 0 Å². The molecule has 0 saturated carbocycles. The molecule has 279 valence electrons. The van der Waals surface area contributed by atoms with Crippen molar-refractivity contribution < 1.29 is 31.4 Å². The molecule has 0 aliphatic heterocycles. The van der Waals surface area contributed by atoms with Crippen LogP contribution in [0.2, 0.25) is 19.6 Å². The minimum absolute atomic E-state index is 0. The van der Waals surface area contributed by atoms with E-state index in [0.29, 0.717) is 22.4 Å². The smallest absolute Gasteiger partial charge is 0.121 e. The average molecular weight is 918 g/mol. The van der Waals surface area contributed by atoms with Crippen molar-refractivity contribution in [3.8, 4) is 44.8 Å². The summed E-state index contributed by atoms with van der Waals surface area (Å²) >= 11 is 0. The molecule has 3 heterocycles. The second-order valence-electron chi connectivity index (χ2n) is 15.1. The van der Waals surface area contributed by atoms with Gasteiger partial charge in [-0.3, -0.25) is 0 Å². The van der Waals surface area contributed by atoms with Crippen LogP contribution in [0.15, 0.2) is 138 Å². The minimum atomic E-state index is -2.35. The van der Waals surface area contributed by atoms with E-state index in [-0.39, 0.29) is 25.7 Å². The van der Waals surface area contributed by atoms with Crippen molar-refractivity contribution in [3.63, 3.8) is 0 Å². The quantitative estimate of drug-likeness (QED) is 0.118. The molecule has 0 atom stereocenters. The minimum Gasteiger partial charge on any atom is -0.501 e. The molecule has 5 heteroatoms. The van der Waals surface area contributed by atoms with Crippen LogP contribution in [0.1, 0.15) is 63.0 Å². The van der Waals surface area contributed by atoms with Crippen LogP contribution in [0.5, 0.6) is 0 Å². The van der Waals surface area contributed by atoms with Gasteiger partial charge in [0.15, 0.2) is 0 Å². The molecule has 0 fully saturated rings. The summed E-state index contributed by atoms with van der Waals surface area (Å²) in [7, 11) is -1.35. The van der Waals surface area contributed by atoms with Crippen molar-refractivity contribution in [2.45, 2.75) is 66.0 Å². The molecule has 0 unspecified atom stereocenters. The third-order valence-corrected chi connectivity index (χ3v) is 11.7. The number of furan rings is 1. The van der Waals surface area contributed by atoms with Gasteiger partial charge in [0.2, 0.25) is 0 Å². The maximum atomic E-state index is 8.50. The first-order valence-electron chi connectivity index (χ1n) is 20.8. The fourth-order valence-electron chi connectivity index (χ4n) is 6.65. The topological polar surface area (TPSA) is 38.9 Å². The van der Waals surface area contributed by atoms with Gasteiger partial charge < -0.3 is 14.4 Å². The summed E-state index contributed by atoms with van der Waals surface area (Å²) in [6.45, 7) is 11.8. The van der Waals surface area contributed by atoms with Crippen LogP contribution in [0.4, 0.5) is 0 Å². The molecule has 3 aromatic heterocycles. The van der Waals surface area contributed by atoms with Crippen LogP contribution in [-0.2, 0) is 20.1 Å². The van der Waals surface area contributed by atoms with Gasteiger partial charge in [-0.15, -0.1) is 47.5 Å². The number of fused-ring (bicyclic) bond motifs is 3. The molecule has 0 aliphatic carbocycles. The summed E-state index contributed by atoms with van der Waals surface area (Å²) in [6.07, 6.45) is 3.37. The van der Waals surface area contributed by atoms with Crippen LogP contribution < -0.4 is 5.19 Å². The van der Waals surface area contributed by atoms with Gasteiger partial charge in [-0.2, -0.15) is 0 Å². The predicted octanol–water partition coefficient (Wildman–Crippen LogP) is 13.4. The summed E-state index contributed by atoms with van der Waals surface area (Å²) in [4.78, 5) is 9.14. The summed E-state index contributed by atoms with van der Waals surface area (Å²) < 4.78 is 46.8. The van der Waals surface area contributed by atoms with Crippen LogP contribution in [0, 0.1) is 19.0 Å². The molecule has 0 N–H and O–H groups in total. The van der Waals surface area contributed by atoms with Crippen molar-refractivity contribution in [2.75, 3.05) is 0 Å². The van der Waals surface area contributed by atoms with Crippen LogP contribution in [0.3, 0.4) is 0 Å². The van der Waals surface area contributed by atoms with E-state index in [9.17, 15) is 0 Å². The van der Waals surface area contributed by atoms with Gasteiger partial charge in [-0.25, -0.2) is 0 Å². The van der Waals surface area contributed by atoms with E-state index in [1.54, 1.807) is 19.9 Å². The van der Waals surface area contributed by atoms with Gasteiger partial charge in [0, 0.05) is 44.7 Å². The predicted molar refractivity (Wildman–Crippen MR) is 231 cm³/mol. The summed E-state index contributed by atoms with van der Waals surface area (Å²) in [5, 5.41) is 3.28. The molecule has 0 spiro atoms. The fourth-order valence-corrected chi connectivity index (χ4v) is 7.69. The van der Waals surface area contributed by atoms with E-state index in [4.69, 9.17) is 16.3 Å². The van der Waals surface area contributed by atoms with E-state index in [0.717, 1.165) is 55.4 Å². The first-order chi connectivity index (χ1) is 27.8. The molecule has 55 heavy (non-hydrogen) atoms. The monoisotopic (exact) mass is 918 g/mol. The van der Waals surface area contributed by atoms with Gasteiger partial charge in [0.25, 0.3) is 0 Å². The molecular formula is C50H48IrN2OSi-2. The van der Waals surface area contributed by atoms with E-state index >= 15 is 0 Å². The van der Waals surface area contributed by atoms with Gasteiger partial charge in [-0.05, 0) is 63.2 Å². The van der Waals surface area contributed by atoms with Crippen molar-refractivity contribution in [1.29, 1.82) is 0 Å². The summed E-state index contributed by atoms with van der Waals surface area (Å²) in [5.74, 6) is -1.79. The van der Waals surface area contributed by atoms with Crippen molar-refractivity contribution in [3.05, 3.63) is 163 Å². The molecule has 3 nitrogen and oxygen atoms in total. The van der Waals surface area contributed by atoms with E-state index in [2.05, 4.69) is 91.4 Å².